The number of hydrogen-bond acceptors (Lipinski definition) is 3. The highest BCUT2D eigenvalue weighted by Gasteiger charge is 2.08. The summed E-state index contributed by atoms with van der Waals surface area (Å²) >= 11 is 0. The Hall–Kier alpha value is -3.02. The van der Waals surface area contributed by atoms with Crippen molar-refractivity contribution in [2.45, 2.75) is 20.0 Å². The number of para-hydroxylation sites is 1. The first kappa shape index (κ1) is 20.3. The quantitative estimate of drug-likeness (QED) is 0.582. The van der Waals surface area contributed by atoms with Gasteiger partial charge in [-0.05, 0) is 30.7 Å². The molecule has 0 fully saturated rings. The Bertz CT molecular complexity index is 770. The van der Waals surface area contributed by atoms with Crippen molar-refractivity contribution in [2.24, 2.45) is 4.99 Å². The fourth-order valence-corrected chi connectivity index (χ4v) is 2.55. The van der Waals surface area contributed by atoms with Crippen molar-refractivity contribution in [1.29, 1.82) is 0 Å². The number of carbonyl (C=O) groups excluding carboxylic acids is 1. The van der Waals surface area contributed by atoms with Crippen molar-refractivity contribution in [1.82, 2.24) is 15.5 Å². The second-order valence-electron chi connectivity index (χ2n) is 6.22. The average molecular weight is 368 g/mol. The van der Waals surface area contributed by atoms with Crippen LogP contribution in [0.5, 0.6) is 5.75 Å². The second-order valence-corrected chi connectivity index (χ2v) is 6.22. The normalized spacial score (nSPS) is 11.0. The standard InChI is InChI=1S/C21H28N4O2/c1-5-27-19-9-7-6-8-18(19)15-24-21(22-2)23-14-16-10-12-17(13-11-16)20(26)25(3)4/h6-13H,5,14-15H2,1-4H3,(H2,22,23,24). The van der Waals surface area contributed by atoms with Crippen LogP contribution in [0.25, 0.3) is 0 Å². The molecule has 0 spiro atoms. The van der Waals surface area contributed by atoms with Gasteiger partial charge in [0.25, 0.3) is 5.91 Å². The Balaban J connectivity index is 1.90. The Morgan fingerprint density at radius 3 is 2.33 bits per heavy atom. The lowest BCUT2D eigenvalue weighted by molar-refractivity contribution is 0.0827. The molecule has 2 N–H and O–H groups in total. The molecule has 2 aromatic carbocycles. The predicted molar refractivity (Wildman–Crippen MR) is 109 cm³/mol. The second kappa shape index (κ2) is 10.2. The van der Waals surface area contributed by atoms with Crippen LogP contribution in [0.4, 0.5) is 0 Å². The molecular formula is C21H28N4O2. The van der Waals surface area contributed by atoms with E-state index in [0.717, 1.165) is 16.9 Å². The zero-order chi connectivity index (χ0) is 19.6. The van der Waals surface area contributed by atoms with Gasteiger partial charge in [0.2, 0.25) is 0 Å². The highest BCUT2D eigenvalue weighted by molar-refractivity contribution is 5.93. The summed E-state index contributed by atoms with van der Waals surface area (Å²) < 4.78 is 5.65. The molecule has 27 heavy (non-hydrogen) atoms. The predicted octanol–water partition coefficient (Wildman–Crippen LogP) is 2.65. The molecule has 0 saturated carbocycles. The van der Waals surface area contributed by atoms with Crippen LogP contribution in [0.3, 0.4) is 0 Å². The van der Waals surface area contributed by atoms with Gasteiger partial charge in [0.1, 0.15) is 5.75 Å². The Labute approximate surface area is 161 Å². The molecule has 0 unspecified atom stereocenters. The molecule has 1 amide bonds. The third-order valence-corrected chi connectivity index (χ3v) is 4.01. The fourth-order valence-electron chi connectivity index (χ4n) is 2.55. The van der Waals surface area contributed by atoms with Crippen molar-refractivity contribution in [3.05, 3.63) is 65.2 Å². The number of nitrogens with zero attached hydrogens (tertiary/aromatic N) is 2. The smallest absolute Gasteiger partial charge is 0.253 e. The van der Waals surface area contributed by atoms with E-state index in [0.29, 0.717) is 31.2 Å². The van der Waals surface area contributed by atoms with Gasteiger partial charge in [-0.25, -0.2) is 0 Å². The first-order valence-corrected chi connectivity index (χ1v) is 9.01. The summed E-state index contributed by atoms with van der Waals surface area (Å²) in [7, 11) is 5.23. The van der Waals surface area contributed by atoms with Crippen molar-refractivity contribution in [2.75, 3.05) is 27.7 Å². The monoisotopic (exact) mass is 368 g/mol. The molecule has 144 valence electrons. The van der Waals surface area contributed by atoms with E-state index in [4.69, 9.17) is 4.74 Å². The topological polar surface area (TPSA) is 66.0 Å². The number of nitrogens with one attached hydrogen (secondary N) is 2. The van der Waals surface area contributed by atoms with Crippen LogP contribution in [0.2, 0.25) is 0 Å². The van der Waals surface area contributed by atoms with Gasteiger partial charge in [-0.2, -0.15) is 0 Å². The van der Waals surface area contributed by atoms with Crippen LogP contribution >= 0.6 is 0 Å². The summed E-state index contributed by atoms with van der Waals surface area (Å²) in [6.07, 6.45) is 0. The lowest BCUT2D eigenvalue weighted by atomic mass is 10.1. The number of guanidine groups is 1. The summed E-state index contributed by atoms with van der Waals surface area (Å²) in [5, 5.41) is 6.58. The molecule has 6 heteroatoms. The van der Waals surface area contributed by atoms with E-state index < -0.39 is 0 Å². The molecule has 0 heterocycles. The summed E-state index contributed by atoms with van der Waals surface area (Å²) in [6, 6.07) is 15.5. The maximum Gasteiger partial charge on any atom is 0.253 e. The zero-order valence-corrected chi connectivity index (χ0v) is 16.5. The van der Waals surface area contributed by atoms with E-state index in [1.807, 2.05) is 55.5 Å². The van der Waals surface area contributed by atoms with Crippen molar-refractivity contribution in [3.63, 3.8) is 0 Å². The first-order chi connectivity index (χ1) is 13.0. The molecule has 0 aliphatic carbocycles. The number of ether oxygens (including phenoxy) is 1. The lowest BCUT2D eigenvalue weighted by Gasteiger charge is -2.15. The van der Waals surface area contributed by atoms with Crippen LogP contribution in [0.15, 0.2) is 53.5 Å². The Morgan fingerprint density at radius 1 is 1.04 bits per heavy atom. The Morgan fingerprint density at radius 2 is 1.70 bits per heavy atom. The molecule has 0 atom stereocenters. The molecule has 2 rings (SSSR count). The van der Waals surface area contributed by atoms with E-state index in [9.17, 15) is 4.79 Å². The molecule has 0 aliphatic rings. The highest BCUT2D eigenvalue weighted by Crippen LogP contribution is 2.17. The van der Waals surface area contributed by atoms with Crippen LogP contribution in [0.1, 0.15) is 28.4 Å². The lowest BCUT2D eigenvalue weighted by Crippen LogP contribution is -2.36. The average Bonchev–Trinajstić information content (AvgIpc) is 2.69. The number of benzene rings is 2. The third kappa shape index (κ3) is 6.02. The summed E-state index contributed by atoms with van der Waals surface area (Å²) in [4.78, 5) is 17.8. The minimum Gasteiger partial charge on any atom is -0.494 e. The Kier molecular flexibility index (Phi) is 7.67. The van der Waals surface area contributed by atoms with Gasteiger partial charge in [-0.3, -0.25) is 9.79 Å². The molecule has 6 nitrogen and oxygen atoms in total. The van der Waals surface area contributed by atoms with Gasteiger partial charge in [0.15, 0.2) is 5.96 Å². The number of hydrogen-bond donors (Lipinski definition) is 2. The van der Waals surface area contributed by atoms with Gasteiger partial charge in [0, 0.05) is 45.4 Å². The fraction of sp³-hybridized carbons (Fsp3) is 0.333. The van der Waals surface area contributed by atoms with Gasteiger partial charge in [-0.15, -0.1) is 0 Å². The molecule has 2 aromatic rings. The summed E-state index contributed by atoms with van der Waals surface area (Å²) in [5.41, 5.74) is 2.83. The van der Waals surface area contributed by atoms with Crippen molar-refractivity contribution in [3.8, 4) is 5.75 Å². The maximum atomic E-state index is 11.9. The van der Waals surface area contributed by atoms with E-state index in [-0.39, 0.29) is 5.91 Å². The number of aliphatic imine (C=N–C) groups is 1. The number of rotatable bonds is 7. The molecule has 0 radical (unpaired) electrons. The maximum absolute atomic E-state index is 11.9. The van der Waals surface area contributed by atoms with Crippen molar-refractivity contribution >= 4 is 11.9 Å². The van der Waals surface area contributed by atoms with E-state index in [2.05, 4.69) is 15.6 Å². The van der Waals surface area contributed by atoms with E-state index in [1.54, 1.807) is 26.0 Å². The third-order valence-electron chi connectivity index (χ3n) is 4.01. The summed E-state index contributed by atoms with van der Waals surface area (Å²) in [5.74, 6) is 1.58. The molecule has 0 saturated heterocycles. The number of amides is 1. The van der Waals surface area contributed by atoms with Crippen LogP contribution in [0, 0.1) is 0 Å². The molecule has 0 aliphatic heterocycles. The molecule has 0 bridgehead atoms. The number of carbonyl (C=O) groups is 1. The van der Waals surface area contributed by atoms with Gasteiger partial charge in [-0.1, -0.05) is 30.3 Å². The first-order valence-electron chi connectivity index (χ1n) is 9.01. The molecule has 0 aromatic heterocycles. The highest BCUT2D eigenvalue weighted by atomic mass is 16.5. The van der Waals surface area contributed by atoms with Crippen LogP contribution < -0.4 is 15.4 Å². The minimum absolute atomic E-state index is 0.0000472. The van der Waals surface area contributed by atoms with E-state index >= 15 is 0 Å². The van der Waals surface area contributed by atoms with Gasteiger partial charge >= 0.3 is 0 Å². The van der Waals surface area contributed by atoms with E-state index in [1.165, 1.54) is 0 Å². The largest absolute Gasteiger partial charge is 0.494 e. The van der Waals surface area contributed by atoms with Gasteiger partial charge < -0.3 is 20.3 Å². The van der Waals surface area contributed by atoms with Crippen LogP contribution in [-0.4, -0.2) is 44.5 Å². The van der Waals surface area contributed by atoms with Gasteiger partial charge in [0.05, 0.1) is 6.61 Å². The SMILES string of the molecule is CCOc1ccccc1CNC(=NC)NCc1ccc(C(=O)N(C)C)cc1. The summed E-state index contributed by atoms with van der Waals surface area (Å²) in [6.45, 7) is 3.84. The minimum atomic E-state index is -0.0000472. The van der Waals surface area contributed by atoms with Crippen LogP contribution in [-0.2, 0) is 13.1 Å². The molecular weight excluding hydrogens is 340 g/mol. The van der Waals surface area contributed by atoms with Crippen molar-refractivity contribution < 1.29 is 9.53 Å². The zero-order valence-electron chi connectivity index (χ0n) is 16.5.